The van der Waals surface area contributed by atoms with Gasteiger partial charge in [0.15, 0.2) is 5.60 Å². The Labute approximate surface area is 219 Å². The molecule has 8 nitrogen and oxygen atoms in total. The number of carbonyl (C=O) groups is 2. The number of ether oxygens (including phenoxy) is 3. The summed E-state index contributed by atoms with van der Waals surface area (Å²) in [4.78, 5) is 30.1. The molecule has 202 valence electrons. The maximum Gasteiger partial charge on any atom is 0.311 e. The van der Waals surface area contributed by atoms with Crippen molar-refractivity contribution < 1.29 is 28.9 Å². The molecule has 1 N–H and O–H groups in total. The maximum atomic E-state index is 13.0. The van der Waals surface area contributed by atoms with Crippen LogP contribution in [0.1, 0.15) is 53.0 Å². The number of hydrogen-bond acceptors (Lipinski definition) is 8. The van der Waals surface area contributed by atoms with Crippen molar-refractivity contribution in [3.63, 3.8) is 0 Å². The van der Waals surface area contributed by atoms with Gasteiger partial charge >= 0.3 is 11.9 Å². The predicted octanol–water partition coefficient (Wildman–Crippen LogP) is 3.06. The van der Waals surface area contributed by atoms with Crippen LogP contribution in [-0.4, -0.2) is 79.6 Å². The molecule has 8 heteroatoms. The third-order valence-electron chi connectivity index (χ3n) is 9.26. The van der Waals surface area contributed by atoms with Gasteiger partial charge in [-0.2, -0.15) is 0 Å². The number of anilines is 1. The van der Waals surface area contributed by atoms with Gasteiger partial charge in [0, 0.05) is 49.1 Å². The first-order chi connectivity index (χ1) is 17.4. The summed E-state index contributed by atoms with van der Waals surface area (Å²) in [6, 6.07) is 5.64. The molecule has 0 aromatic heterocycles. The largest absolute Gasteiger partial charge is 0.497 e. The van der Waals surface area contributed by atoms with Crippen molar-refractivity contribution >= 4 is 17.6 Å². The van der Waals surface area contributed by atoms with Crippen LogP contribution in [0.25, 0.3) is 0 Å². The molecule has 5 rings (SSSR count). The zero-order valence-electron chi connectivity index (χ0n) is 23.0. The number of hydrogen-bond donors (Lipinski definition) is 1. The van der Waals surface area contributed by atoms with Crippen LogP contribution >= 0.6 is 0 Å². The van der Waals surface area contributed by atoms with Gasteiger partial charge < -0.3 is 24.2 Å². The van der Waals surface area contributed by atoms with Crippen molar-refractivity contribution in [3.8, 4) is 5.75 Å². The van der Waals surface area contributed by atoms with Crippen molar-refractivity contribution in [1.82, 2.24) is 4.90 Å². The van der Waals surface area contributed by atoms with Crippen molar-refractivity contribution in [2.75, 3.05) is 38.8 Å². The molecule has 3 heterocycles. The molecule has 1 saturated carbocycles. The standard InChI is InChI=1S/C29H40N2O6/c1-8-27-12-9-14-31-15-13-28(22(27)31)20-11-10-19(35-7)16-21(20)30(6)23(28)29(34,24(27)37-18(2)32)17-36-25(33)26(3,4)5/h9-12,16,22-24,34H,8,13-15,17H2,1-7H3/t22-,23+,24+,27+,28+,29?/m0/s1. The van der Waals surface area contributed by atoms with Crippen molar-refractivity contribution in [2.45, 2.75) is 76.7 Å². The Bertz CT molecular complexity index is 1140. The SMILES string of the molecule is CC[C@]12C=CCN3CC[C@@]4(c5ccc(OC)cc5N(C)[C@H]4C(O)(COC(=O)C(C)(C)C)[C@@H]1OC(C)=O)[C@@H]32. The molecule has 2 fully saturated rings. The van der Waals surface area contributed by atoms with E-state index in [-0.39, 0.29) is 12.6 Å². The third kappa shape index (κ3) is 3.41. The average molecular weight is 513 g/mol. The number of benzene rings is 1. The van der Waals surface area contributed by atoms with E-state index >= 15 is 0 Å². The quantitative estimate of drug-likeness (QED) is 0.476. The summed E-state index contributed by atoms with van der Waals surface area (Å²) in [6.07, 6.45) is 4.86. The smallest absolute Gasteiger partial charge is 0.311 e. The van der Waals surface area contributed by atoms with Crippen LogP contribution in [0.15, 0.2) is 30.4 Å². The Balaban J connectivity index is 1.76. The van der Waals surface area contributed by atoms with Gasteiger partial charge in [-0.15, -0.1) is 0 Å². The summed E-state index contributed by atoms with van der Waals surface area (Å²) in [7, 11) is 3.62. The fourth-order valence-electron chi connectivity index (χ4n) is 8.01. The lowest BCUT2D eigenvalue weighted by Crippen LogP contribution is -2.80. The van der Waals surface area contributed by atoms with Crippen molar-refractivity contribution in [3.05, 3.63) is 35.9 Å². The number of fused-ring (bicyclic) bond motifs is 1. The first-order valence-corrected chi connectivity index (χ1v) is 13.3. The molecule has 1 saturated heterocycles. The Morgan fingerprint density at radius 2 is 1.95 bits per heavy atom. The summed E-state index contributed by atoms with van der Waals surface area (Å²) in [5, 5.41) is 12.9. The van der Waals surface area contributed by atoms with Gasteiger partial charge in [-0.3, -0.25) is 14.5 Å². The summed E-state index contributed by atoms with van der Waals surface area (Å²) < 4.78 is 17.5. The minimum atomic E-state index is -1.67. The van der Waals surface area contributed by atoms with Crippen LogP contribution in [0.2, 0.25) is 0 Å². The van der Waals surface area contributed by atoms with Gasteiger partial charge in [-0.25, -0.2) is 0 Å². The lowest BCUT2D eigenvalue weighted by molar-refractivity contribution is -0.233. The summed E-state index contributed by atoms with van der Waals surface area (Å²) >= 11 is 0. The van der Waals surface area contributed by atoms with Gasteiger partial charge in [0.25, 0.3) is 0 Å². The molecule has 3 aliphatic heterocycles. The topological polar surface area (TPSA) is 88.5 Å². The van der Waals surface area contributed by atoms with E-state index in [9.17, 15) is 14.7 Å². The molecule has 0 radical (unpaired) electrons. The van der Waals surface area contributed by atoms with Crippen molar-refractivity contribution in [1.29, 1.82) is 0 Å². The highest BCUT2D eigenvalue weighted by Gasteiger charge is 2.78. The number of carbonyl (C=O) groups excluding carboxylic acids is 2. The maximum absolute atomic E-state index is 13.0. The number of methoxy groups -OCH3 is 1. The molecular weight excluding hydrogens is 472 g/mol. The summed E-state index contributed by atoms with van der Waals surface area (Å²) in [5.41, 5.74) is -1.40. The molecule has 1 spiro atoms. The lowest BCUT2D eigenvalue weighted by Gasteiger charge is -2.64. The van der Waals surface area contributed by atoms with E-state index in [4.69, 9.17) is 14.2 Å². The summed E-state index contributed by atoms with van der Waals surface area (Å²) in [6.45, 7) is 10.2. The molecule has 1 aromatic rings. The van der Waals surface area contributed by atoms with E-state index in [2.05, 4.69) is 34.9 Å². The zero-order valence-corrected chi connectivity index (χ0v) is 23.0. The molecule has 0 amide bonds. The number of rotatable bonds is 5. The van der Waals surface area contributed by atoms with Crippen LogP contribution < -0.4 is 9.64 Å². The van der Waals surface area contributed by atoms with Crippen LogP contribution in [-0.2, 0) is 24.5 Å². The minimum Gasteiger partial charge on any atom is -0.497 e. The van der Waals surface area contributed by atoms with E-state index in [0.717, 1.165) is 36.5 Å². The Morgan fingerprint density at radius 1 is 1.22 bits per heavy atom. The highest BCUT2D eigenvalue weighted by molar-refractivity contribution is 5.76. The van der Waals surface area contributed by atoms with Gasteiger partial charge in [-0.1, -0.05) is 25.1 Å². The molecule has 37 heavy (non-hydrogen) atoms. The van der Waals surface area contributed by atoms with Gasteiger partial charge in [-0.05, 0) is 51.8 Å². The first-order valence-electron chi connectivity index (χ1n) is 13.3. The van der Waals surface area contributed by atoms with Crippen LogP contribution in [0, 0.1) is 10.8 Å². The van der Waals surface area contributed by atoms with Gasteiger partial charge in [0.2, 0.25) is 0 Å². The number of nitrogens with zero attached hydrogens (tertiary/aromatic N) is 2. The summed E-state index contributed by atoms with van der Waals surface area (Å²) in [5.74, 6) is -0.134. The van der Waals surface area contributed by atoms with E-state index in [0.29, 0.717) is 6.42 Å². The molecule has 1 aromatic carbocycles. The monoisotopic (exact) mass is 512 g/mol. The van der Waals surface area contributed by atoms with E-state index in [1.54, 1.807) is 27.9 Å². The molecule has 0 bridgehead atoms. The molecule has 4 aliphatic rings. The third-order valence-corrected chi connectivity index (χ3v) is 9.26. The molecule has 1 unspecified atom stereocenters. The van der Waals surface area contributed by atoms with Crippen LogP contribution in [0.3, 0.4) is 0 Å². The highest BCUT2D eigenvalue weighted by atomic mass is 16.6. The fourth-order valence-corrected chi connectivity index (χ4v) is 8.01. The van der Waals surface area contributed by atoms with Gasteiger partial charge in [0.05, 0.1) is 18.6 Å². The zero-order chi connectivity index (χ0) is 27.0. The van der Waals surface area contributed by atoms with Crippen LogP contribution in [0.4, 0.5) is 5.69 Å². The van der Waals surface area contributed by atoms with Gasteiger partial charge in [0.1, 0.15) is 18.5 Å². The first kappa shape index (κ1) is 26.0. The Morgan fingerprint density at radius 3 is 2.57 bits per heavy atom. The van der Waals surface area contributed by atoms with E-state index < -0.39 is 45.9 Å². The van der Waals surface area contributed by atoms with Crippen LogP contribution in [0.5, 0.6) is 5.75 Å². The number of likely N-dealkylation sites (N-methyl/N-ethyl adjacent to an activating group) is 1. The second-order valence-corrected chi connectivity index (χ2v) is 12.3. The highest BCUT2D eigenvalue weighted by Crippen LogP contribution is 2.67. The van der Waals surface area contributed by atoms with E-state index in [1.807, 2.05) is 19.2 Å². The van der Waals surface area contributed by atoms with Crippen molar-refractivity contribution in [2.24, 2.45) is 10.8 Å². The molecule has 1 aliphatic carbocycles. The Kier molecular flexibility index (Phi) is 5.96. The second kappa shape index (κ2) is 8.46. The molecule has 6 atom stereocenters. The normalized spacial score (nSPS) is 36.0. The van der Waals surface area contributed by atoms with E-state index in [1.165, 1.54) is 6.92 Å². The minimum absolute atomic E-state index is 0.0000348. The number of aliphatic hydroxyl groups is 1. The molecular formula is C29H40N2O6. The fraction of sp³-hybridized carbons (Fsp3) is 0.655. The second-order valence-electron chi connectivity index (χ2n) is 12.3. The number of esters is 2. The lowest BCUT2D eigenvalue weighted by atomic mass is 9.48. The predicted molar refractivity (Wildman–Crippen MR) is 140 cm³/mol. The average Bonchev–Trinajstić information content (AvgIpc) is 3.36. The Hall–Kier alpha value is -2.58.